The van der Waals surface area contributed by atoms with Crippen molar-refractivity contribution in [3.05, 3.63) is 0 Å². The Morgan fingerprint density at radius 1 is 1.40 bits per heavy atom. The average molecular weight is 210 g/mol. The van der Waals surface area contributed by atoms with Crippen LogP contribution in [-0.4, -0.2) is 37.0 Å². The summed E-state index contributed by atoms with van der Waals surface area (Å²) >= 11 is 0. The maximum atomic E-state index is 11.8. The van der Waals surface area contributed by atoms with Crippen LogP contribution in [0.25, 0.3) is 0 Å². The first-order valence-electron chi connectivity index (χ1n) is 6.24. The number of piperidine rings is 1. The van der Waals surface area contributed by atoms with Crippen LogP contribution in [0, 0.1) is 5.92 Å². The lowest BCUT2D eigenvalue weighted by molar-refractivity contribution is -0.130. The summed E-state index contributed by atoms with van der Waals surface area (Å²) < 4.78 is 0. The first-order valence-corrected chi connectivity index (χ1v) is 6.24. The van der Waals surface area contributed by atoms with E-state index in [1.807, 2.05) is 11.9 Å². The van der Waals surface area contributed by atoms with Gasteiger partial charge in [-0.05, 0) is 51.1 Å². The maximum Gasteiger partial charge on any atom is 0.222 e. The average Bonchev–Trinajstić information content (AvgIpc) is 3.10. The van der Waals surface area contributed by atoms with Crippen molar-refractivity contribution in [1.82, 2.24) is 10.2 Å². The molecule has 1 heterocycles. The molecule has 1 unspecified atom stereocenters. The highest BCUT2D eigenvalue weighted by Gasteiger charge is 2.29. The minimum atomic E-state index is 0.350. The number of carbonyl (C=O) groups is 1. The number of hydrogen-bond acceptors (Lipinski definition) is 2. The molecule has 1 amide bonds. The van der Waals surface area contributed by atoms with Crippen molar-refractivity contribution < 1.29 is 4.79 Å². The van der Waals surface area contributed by atoms with Gasteiger partial charge in [0.2, 0.25) is 5.91 Å². The first-order chi connectivity index (χ1) is 7.27. The second-order valence-corrected chi connectivity index (χ2v) is 4.99. The monoisotopic (exact) mass is 210 g/mol. The van der Waals surface area contributed by atoms with Crippen molar-refractivity contribution in [3.8, 4) is 0 Å². The molecule has 1 saturated carbocycles. The van der Waals surface area contributed by atoms with E-state index in [0.29, 0.717) is 11.9 Å². The summed E-state index contributed by atoms with van der Waals surface area (Å²) in [6.07, 6.45) is 6.83. The van der Waals surface area contributed by atoms with Crippen LogP contribution >= 0.6 is 0 Å². The highest BCUT2D eigenvalue weighted by Crippen LogP contribution is 2.26. The quantitative estimate of drug-likeness (QED) is 0.760. The number of hydrogen-bond donors (Lipinski definition) is 1. The molecule has 0 aromatic heterocycles. The summed E-state index contributed by atoms with van der Waals surface area (Å²) in [5.41, 5.74) is 0. The number of rotatable bonds is 4. The Balaban J connectivity index is 1.65. The van der Waals surface area contributed by atoms with E-state index < -0.39 is 0 Å². The number of carbonyl (C=O) groups excluding carboxylic acids is 1. The van der Waals surface area contributed by atoms with Gasteiger partial charge in [0.1, 0.15) is 0 Å². The molecule has 2 rings (SSSR count). The van der Waals surface area contributed by atoms with Gasteiger partial charge in [-0.2, -0.15) is 0 Å². The number of nitrogens with one attached hydrogen (secondary N) is 1. The molecular weight excluding hydrogens is 188 g/mol. The summed E-state index contributed by atoms with van der Waals surface area (Å²) in [7, 11) is 1.96. The maximum absolute atomic E-state index is 11.8. The molecule has 0 aromatic rings. The molecule has 2 aliphatic rings. The number of nitrogens with zero attached hydrogens (tertiary/aromatic N) is 1. The van der Waals surface area contributed by atoms with Gasteiger partial charge in [0, 0.05) is 19.5 Å². The normalized spacial score (nSPS) is 26.3. The van der Waals surface area contributed by atoms with E-state index in [9.17, 15) is 4.79 Å². The molecule has 15 heavy (non-hydrogen) atoms. The van der Waals surface area contributed by atoms with Crippen LogP contribution in [0.5, 0.6) is 0 Å². The van der Waals surface area contributed by atoms with Gasteiger partial charge >= 0.3 is 0 Å². The Labute approximate surface area is 92.2 Å². The zero-order valence-electron chi connectivity index (χ0n) is 9.67. The van der Waals surface area contributed by atoms with Gasteiger partial charge in [-0.1, -0.05) is 0 Å². The highest BCUT2D eigenvalue weighted by molar-refractivity contribution is 5.76. The molecule has 3 heteroatoms. The Kier molecular flexibility index (Phi) is 3.62. The molecule has 1 aliphatic heterocycles. The van der Waals surface area contributed by atoms with Crippen molar-refractivity contribution in [3.63, 3.8) is 0 Å². The van der Waals surface area contributed by atoms with E-state index in [0.717, 1.165) is 31.8 Å². The van der Waals surface area contributed by atoms with Crippen LogP contribution in [0.3, 0.4) is 0 Å². The summed E-state index contributed by atoms with van der Waals surface area (Å²) in [4.78, 5) is 13.7. The van der Waals surface area contributed by atoms with Gasteiger partial charge in [0.25, 0.3) is 0 Å². The Morgan fingerprint density at radius 3 is 2.80 bits per heavy atom. The van der Waals surface area contributed by atoms with Gasteiger partial charge in [-0.25, -0.2) is 0 Å². The lowest BCUT2D eigenvalue weighted by Crippen LogP contribution is -2.32. The predicted octanol–water partition coefficient (Wildman–Crippen LogP) is 1.39. The molecule has 0 aromatic carbocycles. The standard InChI is InChI=1S/C12H22N2O/c1-14(11-5-6-11)12(15)7-4-10-3-2-8-13-9-10/h10-11,13H,2-9H2,1H3. The van der Waals surface area contributed by atoms with E-state index in [-0.39, 0.29) is 0 Å². The third-order valence-electron chi connectivity index (χ3n) is 3.65. The van der Waals surface area contributed by atoms with Crippen LogP contribution in [0.15, 0.2) is 0 Å². The minimum absolute atomic E-state index is 0.350. The Hall–Kier alpha value is -0.570. The topological polar surface area (TPSA) is 32.3 Å². The SMILES string of the molecule is CN(C(=O)CCC1CCCNC1)C1CC1. The van der Waals surface area contributed by atoms with Crippen LogP contribution in [0.4, 0.5) is 0 Å². The molecule has 2 fully saturated rings. The van der Waals surface area contributed by atoms with E-state index in [1.165, 1.54) is 25.7 Å². The van der Waals surface area contributed by atoms with Crippen molar-refractivity contribution in [1.29, 1.82) is 0 Å². The smallest absolute Gasteiger partial charge is 0.222 e. The predicted molar refractivity (Wildman–Crippen MR) is 60.6 cm³/mol. The van der Waals surface area contributed by atoms with Crippen LogP contribution < -0.4 is 5.32 Å². The van der Waals surface area contributed by atoms with Crippen LogP contribution in [-0.2, 0) is 4.79 Å². The molecule has 1 aliphatic carbocycles. The fourth-order valence-electron chi connectivity index (χ4n) is 2.34. The zero-order chi connectivity index (χ0) is 10.7. The fraction of sp³-hybridized carbons (Fsp3) is 0.917. The van der Waals surface area contributed by atoms with Crippen molar-refractivity contribution in [2.75, 3.05) is 20.1 Å². The summed E-state index contributed by atoms with van der Waals surface area (Å²) in [6.45, 7) is 2.27. The lowest BCUT2D eigenvalue weighted by atomic mass is 9.94. The zero-order valence-corrected chi connectivity index (χ0v) is 9.67. The largest absolute Gasteiger partial charge is 0.343 e. The lowest BCUT2D eigenvalue weighted by Gasteiger charge is -2.23. The van der Waals surface area contributed by atoms with Crippen molar-refractivity contribution in [2.45, 2.75) is 44.6 Å². The first kappa shape index (κ1) is 10.9. The molecule has 86 valence electrons. The highest BCUT2D eigenvalue weighted by atomic mass is 16.2. The van der Waals surface area contributed by atoms with Gasteiger partial charge < -0.3 is 10.2 Å². The van der Waals surface area contributed by atoms with Gasteiger partial charge in [0.05, 0.1) is 0 Å². The molecule has 1 N–H and O–H groups in total. The van der Waals surface area contributed by atoms with Crippen molar-refractivity contribution >= 4 is 5.91 Å². The molecule has 0 radical (unpaired) electrons. The fourth-order valence-corrected chi connectivity index (χ4v) is 2.34. The summed E-state index contributed by atoms with van der Waals surface area (Å²) in [6, 6.07) is 0.571. The molecule has 1 saturated heterocycles. The molecule has 0 bridgehead atoms. The third-order valence-corrected chi connectivity index (χ3v) is 3.65. The van der Waals surface area contributed by atoms with Crippen molar-refractivity contribution in [2.24, 2.45) is 5.92 Å². The van der Waals surface area contributed by atoms with E-state index >= 15 is 0 Å². The summed E-state index contributed by atoms with van der Waals surface area (Å²) in [5.74, 6) is 1.08. The van der Waals surface area contributed by atoms with Crippen LogP contribution in [0.2, 0.25) is 0 Å². The third kappa shape index (κ3) is 3.20. The molecule has 1 atom stereocenters. The van der Waals surface area contributed by atoms with E-state index in [2.05, 4.69) is 5.32 Å². The van der Waals surface area contributed by atoms with Crippen LogP contribution in [0.1, 0.15) is 38.5 Å². The Bertz CT molecular complexity index is 220. The second kappa shape index (κ2) is 4.97. The molecule has 0 spiro atoms. The molecule has 3 nitrogen and oxygen atoms in total. The Morgan fingerprint density at radius 2 is 2.20 bits per heavy atom. The van der Waals surface area contributed by atoms with Gasteiger partial charge in [-0.15, -0.1) is 0 Å². The second-order valence-electron chi connectivity index (χ2n) is 4.99. The van der Waals surface area contributed by atoms with Gasteiger partial charge in [0.15, 0.2) is 0 Å². The molecular formula is C12H22N2O. The van der Waals surface area contributed by atoms with Gasteiger partial charge in [-0.3, -0.25) is 4.79 Å². The van der Waals surface area contributed by atoms with E-state index in [1.54, 1.807) is 0 Å². The number of amides is 1. The minimum Gasteiger partial charge on any atom is -0.343 e. The van der Waals surface area contributed by atoms with E-state index in [4.69, 9.17) is 0 Å². The summed E-state index contributed by atoms with van der Waals surface area (Å²) in [5, 5.41) is 3.40.